The van der Waals surface area contributed by atoms with Gasteiger partial charge in [-0.15, -0.1) is 0 Å². The summed E-state index contributed by atoms with van der Waals surface area (Å²) in [6.07, 6.45) is 7.14. The molecule has 3 N–H and O–H groups in total. The van der Waals surface area contributed by atoms with Crippen LogP contribution < -0.4 is 5.32 Å². The standard InChI is InChI=1S/C16H23NO4.2Na/c1-2-3-4-5-6-7-10-17-12-8-9-13(15(18)19)14(11-12)16(20)21;;/h8-9,11,17H,2-7,10H2,1H3,(H,18,19)(H,20,21);;. The fraction of sp³-hybridized carbons (Fsp3) is 0.500. The molecule has 0 aliphatic heterocycles. The molecule has 0 spiro atoms. The first-order valence-electron chi connectivity index (χ1n) is 7.40. The molecule has 0 bridgehead atoms. The SMILES string of the molecule is CCCCCCCCNc1ccc(C(=O)O)c(C(=O)O)c1.[Na].[Na]. The van der Waals surface area contributed by atoms with Gasteiger partial charge in [0, 0.05) is 71.3 Å². The fourth-order valence-electron chi connectivity index (χ4n) is 2.16. The van der Waals surface area contributed by atoms with E-state index < -0.39 is 11.9 Å². The quantitative estimate of drug-likeness (QED) is 0.450. The number of aromatic carboxylic acids is 2. The summed E-state index contributed by atoms with van der Waals surface area (Å²) in [6, 6.07) is 4.31. The zero-order valence-corrected chi connectivity index (χ0v) is 18.4. The van der Waals surface area contributed by atoms with E-state index in [9.17, 15) is 9.59 Å². The summed E-state index contributed by atoms with van der Waals surface area (Å²) in [5.41, 5.74) is 0.272. The zero-order valence-electron chi connectivity index (χ0n) is 14.4. The molecule has 0 aliphatic rings. The third kappa shape index (κ3) is 9.75. The summed E-state index contributed by atoms with van der Waals surface area (Å²) in [4.78, 5) is 22.0. The number of carboxylic acids is 2. The number of unbranched alkanes of at least 4 members (excludes halogenated alkanes) is 5. The molecule has 118 valence electrons. The van der Waals surface area contributed by atoms with E-state index in [0.29, 0.717) is 5.69 Å². The van der Waals surface area contributed by atoms with Gasteiger partial charge >= 0.3 is 11.9 Å². The Bertz CT molecular complexity index is 495. The number of hydrogen-bond donors (Lipinski definition) is 3. The summed E-state index contributed by atoms with van der Waals surface area (Å²) in [6.45, 7) is 2.94. The van der Waals surface area contributed by atoms with Gasteiger partial charge in [-0.3, -0.25) is 0 Å². The van der Waals surface area contributed by atoms with Gasteiger partial charge in [0.05, 0.1) is 11.1 Å². The molecular formula is C16H23NNa2O4. The van der Waals surface area contributed by atoms with Gasteiger partial charge in [-0.25, -0.2) is 9.59 Å². The van der Waals surface area contributed by atoms with E-state index in [4.69, 9.17) is 10.2 Å². The van der Waals surface area contributed by atoms with Gasteiger partial charge in [0.15, 0.2) is 0 Å². The van der Waals surface area contributed by atoms with Crippen molar-refractivity contribution in [3.8, 4) is 0 Å². The third-order valence-electron chi connectivity index (χ3n) is 3.34. The Morgan fingerprint density at radius 3 is 2.04 bits per heavy atom. The molecule has 1 rings (SSSR count). The summed E-state index contributed by atoms with van der Waals surface area (Å²) in [7, 11) is 0. The largest absolute Gasteiger partial charge is 0.478 e. The first kappa shape index (κ1) is 25.2. The molecule has 0 atom stereocenters. The average molecular weight is 339 g/mol. The minimum Gasteiger partial charge on any atom is -0.478 e. The van der Waals surface area contributed by atoms with Crippen LogP contribution in [0.4, 0.5) is 5.69 Å². The maximum Gasteiger partial charge on any atom is 0.336 e. The van der Waals surface area contributed by atoms with E-state index in [-0.39, 0.29) is 70.2 Å². The molecule has 2 radical (unpaired) electrons. The molecule has 0 saturated heterocycles. The van der Waals surface area contributed by atoms with Gasteiger partial charge in [0.25, 0.3) is 0 Å². The van der Waals surface area contributed by atoms with Crippen molar-refractivity contribution in [3.05, 3.63) is 29.3 Å². The molecule has 5 nitrogen and oxygen atoms in total. The van der Waals surface area contributed by atoms with Crippen molar-refractivity contribution >= 4 is 76.7 Å². The predicted octanol–water partition coefficient (Wildman–Crippen LogP) is 3.09. The van der Waals surface area contributed by atoms with E-state index in [2.05, 4.69) is 12.2 Å². The Morgan fingerprint density at radius 1 is 0.913 bits per heavy atom. The monoisotopic (exact) mass is 339 g/mol. The van der Waals surface area contributed by atoms with Crippen LogP contribution in [0.5, 0.6) is 0 Å². The number of anilines is 1. The topological polar surface area (TPSA) is 86.6 Å². The smallest absolute Gasteiger partial charge is 0.336 e. The van der Waals surface area contributed by atoms with Crippen molar-refractivity contribution in [2.24, 2.45) is 0 Å². The van der Waals surface area contributed by atoms with Crippen LogP contribution in [-0.4, -0.2) is 87.8 Å². The average Bonchev–Trinajstić information content (AvgIpc) is 2.46. The number of benzene rings is 1. The van der Waals surface area contributed by atoms with Crippen LogP contribution in [0.15, 0.2) is 18.2 Å². The van der Waals surface area contributed by atoms with E-state index >= 15 is 0 Å². The molecule has 23 heavy (non-hydrogen) atoms. The van der Waals surface area contributed by atoms with Crippen molar-refractivity contribution in [1.82, 2.24) is 0 Å². The fourth-order valence-corrected chi connectivity index (χ4v) is 2.16. The molecule has 1 aromatic rings. The van der Waals surface area contributed by atoms with E-state index in [0.717, 1.165) is 19.4 Å². The Balaban J connectivity index is 0. The van der Waals surface area contributed by atoms with Crippen molar-refractivity contribution in [3.63, 3.8) is 0 Å². The minimum atomic E-state index is -1.23. The molecule has 0 amide bonds. The summed E-state index contributed by atoms with van der Waals surface area (Å²) < 4.78 is 0. The molecule has 1 aromatic carbocycles. The number of carboxylic acid groups (broad SMARTS) is 2. The number of nitrogens with one attached hydrogen (secondary N) is 1. The predicted molar refractivity (Wildman–Crippen MR) is 93.7 cm³/mol. The van der Waals surface area contributed by atoms with Gasteiger partial charge in [-0.2, -0.15) is 0 Å². The summed E-state index contributed by atoms with van der Waals surface area (Å²) in [5, 5.41) is 21.1. The molecule has 0 heterocycles. The maximum atomic E-state index is 11.1. The minimum absolute atomic E-state index is 0. The van der Waals surface area contributed by atoms with Gasteiger partial charge < -0.3 is 15.5 Å². The van der Waals surface area contributed by atoms with E-state index in [1.54, 1.807) is 6.07 Å². The van der Waals surface area contributed by atoms with Crippen molar-refractivity contribution in [2.45, 2.75) is 45.4 Å². The normalized spacial score (nSPS) is 9.43. The number of hydrogen-bond acceptors (Lipinski definition) is 3. The second-order valence-corrected chi connectivity index (χ2v) is 5.07. The van der Waals surface area contributed by atoms with Crippen molar-refractivity contribution in [2.75, 3.05) is 11.9 Å². The first-order valence-corrected chi connectivity index (χ1v) is 7.40. The summed E-state index contributed by atoms with van der Waals surface area (Å²) in [5.74, 6) is -2.45. The van der Waals surface area contributed by atoms with Crippen LogP contribution in [-0.2, 0) is 0 Å². The molecule has 0 aliphatic carbocycles. The van der Waals surface area contributed by atoms with Crippen molar-refractivity contribution < 1.29 is 19.8 Å². The third-order valence-corrected chi connectivity index (χ3v) is 3.34. The van der Waals surface area contributed by atoms with Crippen molar-refractivity contribution in [1.29, 1.82) is 0 Å². The van der Waals surface area contributed by atoms with E-state index in [1.165, 1.54) is 37.8 Å². The van der Waals surface area contributed by atoms with Crippen LogP contribution in [0, 0.1) is 0 Å². The Labute approximate surface area is 181 Å². The molecule has 0 unspecified atom stereocenters. The molecular weight excluding hydrogens is 316 g/mol. The zero-order chi connectivity index (χ0) is 15.7. The second-order valence-electron chi connectivity index (χ2n) is 5.07. The van der Waals surface area contributed by atoms with Gasteiger partial charge in [0.2, 0.25) is 0 Å². The van der Waals surface area contributed by atoms with Crippen LogP contribution in [0.25, 0.3) is 0 Å². The first-order chi connectivity index (χ1) is 10.1. The van der Waals surface area contributed by atoms with E-state index in [1.807, 2.05) is 0 Å². The maximum absolute atomic E-state index is 11.1. The van der Waals surface area contributed by atoms with Gasteiger partial charge in [-0.1, -0.05) is 39.0 Å². The second kappa shape index (κ2) is 14.3. The van der Waals surface area contributed by atoms with Crippen LogP contribution in [0.3, 0.4) is 0 Å². The van der Waals surface area contributed by atoms with Gasteiger partial charge in [-0.05, 0) is 24.6 Å². The molecule has 7 heteroatoms. The number of rotatable bonds is 10. The Morgan fingerprint density at radius 2 is 1.48 bits per heavy atom. The Hall–Kier alpha value is -0.0400. The van der Waals surface area contributed by atoms with Crippen LogP contribution >= 0.6 is 0 Å². The molecule has 0 saturated carbocycles. The molecule has 0 aromatic heterocycles. The number of carbonyl (C=O) groups is 2. The molecule has 0 fully saturated rings. The summed E-state index contributed by atoms with van der Waals surface area (Å²) >= 11 is 0. The van der Waals surface area contributed by atoms with Crippen LogP contribution in [0.2, 0.25) is 0 Å². The van der Waals surface area contributed by atoms with Crippen LogP contribution in [0.1, 0.15) is 66.2 Å². The van der Waals surface area contributed by atoms with Gasteiger partial charge in [0.1, 0.15) is 0 Å². The Kier molecular flexibility index (Phi) is 15.7.